The van der Waals surface area contributed by atoms with Crippen LogP contribution in [0, 0.1) is 0 Å². The Labute approximate surface area is 169 Å². The Bertz CT molecular complexity index is 1170. The van der Waals surface area contributed by atoms with Crippen LogP contribution in [0.1, 0.15) is 30.9 Å². The van der Waals surface area contributed by atoms with E-state index >= 15 is 0 Å². The molecule has 2 aliphatic rings. The summed E-state index contributed by atoms with van der Waals surface area (Å²) >= 11 is 0. The zero-order chi connectivity index (χ0) is 21.0. The van der Waals surface area contributed by atoms with Crippen LogP contribution in [-0.4, -0.2) is 27.4 Å². The number of para-hydroxylation sites is 2. The minimum atomic E-state index is -4.50. The number of alkyl halides is 3. The molecule has 1 aromatic heterocycles. The van der Waals surface area contributed by atoms with Gasteiger partial charge in [0, 0.05) is 11.7 Å². The molecule has 1 aliphatic heterocycles. The van der Waals surface area contributed by atoms with Gasteiger partial charge in [-0.1, -0.05) is 18.2 Å². The minimum absolute atomic E-state index is 0.0371. The average molecular weight is 414 g/mol. The lowest BCUT2D eigenvalue weighted by molar-refractivity contribution is -0.137. The van der Waals surface area contributed by atoms with Gasteiger partial charge in [0.25, 0.3) is 5.91 Å². The SMILES string of the molecule is O=C(C[C@@H]1C(=O)N(C2CC2)c2nc3ccccc3n21)Nc1cccc(C(F)(F)F)c1. The molecule has 0 spiro atoms. The van der Waals surface area contributed by atoms with E-state index < -0.39 is 23.7 Å². The zero-order valence-electron chi connectivity index (χ0n) is 15.7. The Morgan fingerprint density at radius 3 is 2.63 bits per heavy atom. The van der Waals surface area contributed by atoms with Crippen LogP contribution in [0.3, 0.4) is 0 Å². The molecule has 2 heterocycles. The summed E-state index contributed by atoms with van der Waals surface area (Å²) in [5.74, 6) is -0.209. The lowest BCUT2D eigenvalue weighted by Crippen LogP contribution is -2.33. The molecule has 1 N–H and O–H groups in total. The van der Waals surface area contributed by atoms with E-state index in [0.717, 1.165) is 36.0 Å². The second-order valence-electron chi connectivity index (χ2n) is 7.56. The molecule has 3 aromatic rings. The van der Waals surface area contributed by atoms with Crippen LogP contribution in [-0.2, 0) is 15.8 Å². The summed E-state index contributed by atoms with van der Waals surface area (Å²) in [6, 6.07) is 11.1. The van der Waals surface area contributed by atoms with Crippen LogP contribution < -0.4 is 10.2 Å². The van der Waals surface area contributed by atoms with Gasteiger partial charge >= 0.3 is 6.18 Å². The van der Waals surface area contributed by atoms with E-state index in [9.17, 15) is 22.8 Å². The summed E-state index contributed by atoms with van der Waals surface area (Å²) < 4.78 is 40.5. The molecular weight excluding hydrogens is 397 g/mol. The molecule has 6 nitrogen and oxygen atoms in total. The fourth-order valence-corrected chi connectivity index (χ4v) is 3.89. The molecule has 1 atom stereocenters. The summed E-state index contributed by atoms with van der Waals surface area (Å²) in [7, 11) is 0. The van der Waals surface area contributed by atoms with Crippen LogP contribution in [0.5, 0.6) is 0 Å². The van der Waals surface area contributed by atoms with Gasteiger partial charge in [0.2, 0.25) is 11.9 Å². The van der Waals surface area contributed by atoms with Crippen molar-refractivity contribution >= 4 is 34.5 Å². The standard InChI is InChI=1S/C21H17F3N4O2/c22-21(23,24)12-4-3-5-13(10-12)25-18(29)11-17-19(30)27(14-8-9-14)20-26-15-6-1-2-7-16(15)28(17)20/h1-7,10,14,17H,8-9,11H2,(H,25,29)/t17-/m1/s1. The fourth-order valence-electron chi connectivity index (χ4n) is 3.89. The molecule has 0 unspecified atom stereocenters. The van der Waals surface area contributed by atoms with Crippen molar-refractivity contribution in [2.75, 3.05) is 10.2 Å². The molecule has 5 rings (SSSR count). The van der Waals surface area contributed by atoms with Gasteiger partial charge in [0.15, 0.2) is 0 Å². The van der Waals surface area contributed by atoms with Crippen LogP contribution in [0.15, 0.2) is 48.5 Å². The molecule has 1 saturated carbocycles. The van der Waals surface area contributed by atoms with Gasteiger partial charge < -0.3 is 5.32 Å². The Morgan fingerprint density at radius 2 is 1.90 bits per heavy atom. The van der Waals surface area contributed by atoms with Crippen molar-refractivity contribution in [3.8, 4) is 0 Å². The number of benzene rings is 2. The Balaban J connectivity index is 1.42. The molecule has 2 aromatic carbocycles. The van der Waals surface area contributed by atoms with Gasteiger partial charge in [0.1, 0.15) is 6.04 Å². The van der Waals surface area contributed by atoms with Gasteiger partial charge in [-0.25, -0.2) is 4.98 Å². The van der Waals surface area contributed by atoms with E-state index in [1.165, 1.54) is 12.1 Å². The highest BCUT2D eigenvalue weighted by Crippen LogP contribution is 2.42. The average Bonchev–Trinajstić information content (AvgIpc) is 3.40. The Morgan fingerprint density at radius 1 is 1.13 bits per heavy atom. The van der Waals surface area contributed by atoms with Gasteiger partial charge in [-0.05, 0) is 43.2 Å². The third-order valence-corrected chi connectivity index (χ3v) is 5.39. The summed E-state index contributed by atoms with van der Waals surface area (Å²) in [4.78, 5) is 31.9. The van der Waals surface area contributed by atoms with E-state index in [0.29, 0.717) is 5.95 Å². The molecule has 1 fully saturated rings. The number of carbonyl (C=O) groups is 2. The first kappa shape index (κ1) is 18.7. The van der Waals surface area contributed by atoms with Crippen LogP contribution in [0.25, 0.3) is 11.0 Å². The normalized spacial score (nSPS) is 18.7. The first-order chi connectivity index (χ1) is 14.3. The zero-order valence-corrected chi connectivity index (χ0v) is 15.7. The lowest BCUT2D eigenvalue weighted by atomic mass is 10.1. The topological polar surface area (TPSA) is 67.2 Å². The molecular formula is C21H17F3N4O2. The minimum Gasteiger partial charge on any atom is -0.326 e. The monoisotopic (exact) mass is 414 g/mol. The van der Waals surface area contributed by atoms with Crippen molar-refractivity contribution in [1.82, 2.24) is 9.55 Å². The molecule has 0 radical (unpaired) electrons. The van der Waals surface area contributed by atoms with Gasteiger partial charge in [-0.3, -0.25) is 19.1 Å². The second-order valence-corrected chi connectivity index (χ2v) is 7.56. The quantitative estimate of drug-likeness (QED) is 0.698. The van der Waals surface area contributed by atoms with Crippen LogP contribution in [0.2, 0.25) is 0 Å². The van der Waals surface area contributed by atoms with Crippen molar-refractivity contribution in [3.05, 3.63) is 54.1 Å². The summed E-state index contributed by atoms with van der Waals surface area (Å²) in [5.41, 5.74) is 0.671. The van der Waals surface area contributed by atoms with Crippen molar-refractivity contribution in [2.45, 2.75) is 37.5 Å². The predicted octanol–water partition coefficient (Wildman–Crippen LogP) is 4.13. The van der Waals surface area contributed by atoms with E-state index in [2.05, 4.69) is 10.3 Å². The van der Waals surface area contributed by atoms with E-state index in [1.54, 1.807) is 9.47 Å². The Hall–Kier alpha value is -3.36. The van der Waals surface area contributed by atoms with Gasteiger partial charge in [-0.15, -0.1) is 0 Å². The number of aromatic nitrogens is 2. The third kappa shape index (κ3) is 3.10. The Kier molecular flexibility index (Phi) is 4.09. The van der Waals surface area contributed by atoms with E-state index in [4.69, 9.17) is 0 Å². The third-order valence-electron chi connectivity index (χ3n) is 5.39. The maximum atomic E-state index is 13.1. The number of rotatable bonds is 4. The highest BCUT2D eigenvalue weighted by atomic mass is 19.4. The number of fused-ring (bicyclic) bond motifs is 3. The maximum absolute atomic E-state index is 13.1. The maximum Gasteiger partial charge on any atom is 0.416 e. The van der Waals surface area contributed by atoms with Crippen molar-refractivity contribution in [1.29, 1.82) is 0 Å². The van der Waals surface area contributed by atoms with Crippen LogP contribution >= 0.6 is 0 Å². The van der Waals surface area contributed by atoms with Crippen LogP contribution in [0.4, 0.5) is 24.8 Å². The van der Waals surface area contributed by atoms with Crippen molar-refractivity contribution < 1.29 is 22.8 Å². The fraction of sp³-hybridized carbons (Fsp3) is 0.286. The highest BCUT2D eigenvalue weighted by molar-refractivity contribution is 6.05. The summed E-state index contributed by atoms with van der Waals surface area (Å²) in [6.07, 6.45) is -2.92. The molecule has 0 bridgehead atoms. The second kappa shape index (κ2) is 6.58. The number of carbonyl (C=O) groups excluding carboxylic acids is 2. The molecule has 30 heavy (non-hydrogen) atoms. The number of hydrogen-bond acceptors (Lipinski definition) is 3. The highest BCUT2D eigenvalue weighted by Gasteiger charge is 2.47. The van der Waals surface area contributed by atoms with Crippen molar-refractivity contribution in [2.24, 2.45) is 0 Å². The molecule has 9 heteroatoms. The summed E-state index contributed by atoms with van der Waals surface area (Å²) in [5, 5.41) is 2.49. The number of nitrogens with zero attached hydrogens (tertiary/aromatic N) is 3. The molecule has 154 valence electrons. The molecule has 2 amide bonds. The molecule has 0 saturated heterocycles. The number of halogens is 3. The van der Waals surface area contributed by atoms with Crippen molar-refractivity contribution in [3.63, 3.8) is 0 Å². The number of amides is 2. The number of anilines is 2. The molecule has 1 aliphatic carbocycles. The predicted molar refractivity (Wildman–Crippen MR) is 104 cm³/mol. The number of nitrogens with one attached hydrogen (secondary N) is 1. The van der Waals surface area contributed by atoms with E-state index in [1.807, 2.05) is 24.3 Å². The largest absolute Gasteiger partial charge is 0.416 e. The summed E-state index contributed by atoms with van der Waals surface area (Å²) in [6.45, 7) is 0. The first-order valence-electron chi connectivity index (χ1n) is 9.60. The smallest absolute Gasteiger partial charge is 0.326 e. The number of hydrogen-bond donors (Lipinski definition) is 1. The van der Waals surface area contributed by atoms with Gasteiger partial charge in [0.05, 0.1) is 23.0 Å². The first-order valence-corrected chi connectivity index (χ1v) is 9.60. The van der Waals surface area contributed by atoms with Gasteiger partial charge in [-0.2, -0.15) is 13.2 Å². The van der Waals surface area contributed by atoms with E-state index in [-0.39, 0.29) is 24.1 Å². The number of imidazole rings is 1. The lowest BCUT2D eigenvalue weighted by Gasteiger charge is -2.15.